The fourth-order valence-corrected chi connectivity index (χ4v) is 2.00. The average molecular weight is 236 g/mol. The Morgan fingerprint density at radius 3 is 2.76 bits per heavy atom. The lowest BCUT2D eigenvalue weighted by molar-refractivity contribution is 0.0778. The minimum Gasteiger partial charge on any atom is -0.377 e. The van der Waals surface area contributed by atoms with Crippen LogP contribution in [-0.2, 0) is 11.3 Å². The van der Waals surface area contributed by atoms with Gasteiger partial charge in [-0.05, 0) is 24.0 Å². The monoisotopic (exact) mass is 236 g/mol. The third kappa shape index (κ3) is 3.51. The highest BCUT2D eigenvalue weighted by Gasteiger charge is 2.16. The van der Waals surface area contributed by atoms with Crippen molar-refractivity contribution in [3.05, 3.63) is 35.4 Å². The van der Waals surface area contributed by atoms with Gasteiger partial charge >= 0.3 is 0 Å². The smallest absolute Gasteiger partial charge is 0.131 e. The van der Waals surface area contributed by atoms with Crippen molar-refractivity contribution in [2.75, 3.05) is 13.2 Å². The molecule has 17 heavy (non-hydrogen) atoms. The van der Waals surface area contributed by atoms with Crippen molar-refractivity contribution in [1.29, 1.82) is 0 Å². The molecule has 0 spiro atoms. The highest BCUT2D eigenvalue weighted by atomic mass is 16.5. The van der Waals surface area contributed by atoms with Crippen molar-refractivity contribution in [1.82, 2.24) is 5.32 Å². The molecule has 94 valence electrons. The molecule has 1 aromatic carbocycles. The molecule has 0 saturated carbocycles. The van der Waals surface area contributed by atoms with Gasteiger partial charge < -0.3 is 15.6 Å². The van der Waals surface area contributed by atoms with Crippen LogP contribution >= 0.6 is 0 Å². The van der Waals surface area contributed by atoms with Crippen molar-refractivity contribution < 1.29 is 9.84 Å². The second-order valence-electron chi connectivity index (χ2n) is 4.39. The van der Waals surface area contributed by atoms with Crippen LogP contribution in [0.1, 0.15) is 30.2 Å². The molecule has 1 fully saturated rings. The first-order chi connectivity index (χ1) is 8.29. The average Bonchev–Trinajstić information content (AvgIpc) is 2.89. The van der Waals surface area contributed by atoms with Gasteiger partial charge in [-0.2, -0.15) is 0 Å². The first-order valence-corrected chi connectivity index (χ1v) is 6.11. The molecule has 1 aromatic rings. The topological polar surface area (TPSA) is 67.5 Å². The van der Waals surface area contributed by atoms with Gasteiger partial charge in [0, 0.05) is 19.7 Å². The number of nitrogens with one attached hydrogen (secondary N) is 1. The van der Waals surface area contributed by atoms with E-state index in [0.717, 1.165) is 30.6 Å². The molecule has 0 aliphatic carbocycles. The van der Waals surface area contributed by atoms with Crippen molar-refractivity contribution in [3.63, 3.8) is 0 Å². The summed E-state index contributed by atoms with van der Waals surface area (Å²) in [6, 6.07) is 7.67. The van der Waals surface area contributed by atoms with Gasteiger partial charge in [0.05, 0.1) is 6.10 Å². The van der Waals surface area contributed by atoms with Gasteiger partial charge in [0.1, 0.15) is 6.23 Å². The summed E-state index contributed by atoms with van der Waals surface area (Å²) in [6.45, 7) is 2.06. The molecule has 4 N–H and O–H groups in total. The Balaban J connectivity index is 1.83. The molecule has 4 nitrogen and oxygen atoms in total. The summed E-state index contributed by atoms with van der Waals surface area (Å²) in [7, 11) is 0. The quantitative estimate of drug-likeness (QED) is 0.665. The van der Waals surface area contributed by atoms with E-state index in [1.165, 1.54) is 0 Å². The van der Waals surface area contributed by atoms with E-state index >= 15 is 0 Å². The highest BCUT2D eigenvalue weighted by Crippen LogP contribution is 2.14. The Kier molecular flexibility index (Phi) is 4.50. The molecule has 4 heteroatoms. The third-order valence-electron chi connectivity index (χ3n) is 3.09. The number of ether oxygens (including phenoxy) is 1. The standard InChI is InChI=1S/C13H20N2O2/c14-8-10-3-5-11(6-4-10)13(16)15-9-12-2-1-7-17-12/h3-6,12-13,15-16H,1-2,7-9,14H2. The van der Waals surface area contributed by atoms with Crippen LogP contribution < -0.4 is 11.1 Å². The molecule has 1 aliphatic rings. The molecule has 0 amide bonds. The lowest BCUT2D eigenvalue weighted by atomic mass is 10.1. The summed E-state index contributed by atoms with van der Waals surface area (Å²) in [5.41, 5.74) is 7.45. The molecule has 1 saturated heterocycles. The fraction of sp³-hybridized carbons (Fsp3) is 0.538. The minimum absolute atomic E-state index is 0.243. The van der Waals surface area contributed by atoms with Crippen LogP contribution in [0.2, 0.25) is 0 Å². The number of benzene rings is 1. The van der Waals surface area contributed by atoms with E-state index < -0.39 is 6.23 Å². The van der Waals surface area contributed by atoms with E-state index in [9.17, 15) is 5.11 Å². The van der Waals surface area contributed by atoms with Gasteiger partial charge in [-0.15, -0.1) is 0 Å². The molecule has 0 radical (unpaired) electrons. The predicted octanol–water partition coefficient (Wildman–Crippen LogP) is 0.905. The number of rotatable bonds is 5. The van der Waals surface area contributed by atoms with E-state index in [0.29, 0.717) is 13.1 Å². The first kappa shape index (κ1) is 12.5. The van der Waals surface area contributed by atoms with Crippen LogP contribution in [0, 0.1) is 0 Å². The van der Waals surface area contributed by atoms with Crippen LogP contribution in [0.3, 0.4) is 0 Å². The number of aliphatic hydroxyl groups excluding tert-OH is 1. The molecule has 2 unspecified atom stereocenters. The maximum absolute atomic E-state index is 9.95. The Morgan fingerprint density at radius 2 is 2.18 bits per heavy atom. The summed E-state index contributed by atoms with van der Waals surface area (Å²) < 4.78 is 5.49. The Hall–Kier alpha value is -0.940. The number of aliphatic hydroxyl groups is 1. The molecule has 1 aliphatic heterocycles. The molecule has 0 aromatic heterocycles. The summed E-state index contributed by atoms with van der Waals surface area (Å²) in [4.78, 5) is 0. The Bertz CT molecular complexity index is 334. The second-order valence-corrected chi connectivity index (χ2v) is 4.39. The lowest BCUT2D eigenvalue weighted by Crippen LogP contribution is -2.29. The van der Waals surface area contributed by atoms with Crippen LogP contribution in [0.5, 0.6) is 0 Å². The van der Waals surface area contributed by atoms with Crippen LogP contribution in [0.15, 0.2) is 24.3 Å². The molecule has 2 rings (SSSR count). The second kappa shape index (κ2) is 6.12. The van der Waals surface area contributed by atoms with Gasteiger partial charge in [-0.25, -0.2) is 0 Å². The maximum atomic E-state index is 9.95. The summed E-state index contributed by atoms with van der Waals surface area (Å²) in [6.07, 6.45) is 1.80. The number of hydrogen-bond donors (Lipinski definition) is 3. The van der Waals surface area contributed by atoms with Crippen molar-refractivity contribution in [3.8, 4) is 0 Å². The number of hydrogen-bond acceptors (Lipinski definition) is 4. The maximum Gasteiger partial charge on any atom is 0.131 e. The number of nitrogens with two attached hydrogens (primary N) is 1. The summed E-state index contributed by atoms with van der Waals surface area (Å²) in [5, 5.41) is 13.0. The first-order valence-electron chi connectivity index (χ1n) is 6.11. The van der Waals surface area contributed by atoms with Gasteiger partial charge in [0.25, 0.3) is 0 Å². The van der Waals surface area contributed by atoms with E-state index in [1.807, 2.05) is 24.3 Å². The normalized spacial score (nSPS) is 21.6. The SMILES string of the molecule is NCc1ccc(C(O)NCC2CCCO2)cc1. The van der Waals surface area contributed by atoms with Crippen molar-refractivity contribution in [2.24, 2.45) is 5.73 Å². The molecule has 0 bridgehead atoms. The summed E-state index contributed by atoms with van der Waals surface area (Å²) >= 11 is 0. The van der Waals surface area contributed by atoms with E-state index in [4.69, 9.17) is 10.5 Å². The van der Waals surface area contributed by atoms with Crippen LogP contribution in [-0.4, -0.2) is 24.4 Å². The zero-order valence-corrected chi connectivity index (χ0v) is 9.93. The highest BCUT2D eigenvalue weighted by molar-refractivity contribution is 5.23. The third-order valence-corrected chi connectivity index (χ3v) is 3.09. The van der Waals surface area contributed by atoms with E-state index in [2.05, 4.69) is 5.32 Å². The molecular weight excluding hydrogens is 216 g/mol. The Morgan fingerprint density at radius 1 is 1.41 bits per heavy atom. The van der Waals surface area contributed by atoms with Gasteiger partial charge in [-0.3, -0.25) is 5.32 Å². The van der Waals surface area contributed by atoms with Gasteiger partial charge in [0.15, 0.2) is 0 Å². The molecule has 2 atom stereocenters. The van der Waals surface area contributed by atoms with E-state index in [-0.39, 0.29) is 6.10 Å². The zero-order valence-electron chi connectivity index (χ0n) is 9.93. The van der Waals surface area contributed by atoms with Crippen LogP contribution in [0.25, 0.3) is 0 Å². The van der Waals surface area contributed by atoms with Crippen molar-refractivity contribution >= 4 is 0 Å². The summed E-state index contributed by atoms with van der Waals surface area (Å²) in [5.74, 6) is 0. The molecular formula is C13H20N2O2. The van der Waals surface area contributed by atoms with Crippen molar-refractivity contribution in [2.45, 2.75) is 31.7 Å². The fourth-order valence-electron chi connectivity index (χ4n) is 2.00. The zero-order chi connectivity index (χ0) is 12.1. The minimum atomic E-state index is -0.633. The Labute approximate surface area is 102 Å². The van der Waals surface area contributed by atoms with Gasteiger partial charge in [-0.1, -0.05) is 24.3 Å². The van der Waals surface area contributed by atoms with Gasteiger partial charge in [0.2, 0.25) is 0 Å². The predicted molar refractivity (Wildman–Crippen MR) is 66.3 cm³/mol. The van der Waals surface area contributed by atoms with Crippen LogP contribution in [0.4, 0.5) is 0 Å². The van der Waals surface area contributed by atoms with E-state index in [1.54, 1.807) is 0 Å². The molecule has 1 heterocycles. The largest absolute Gasteiger partial charge is 0.377 e. The lowest BCUT2D eigenvalue weighted by Gasteiger charge is -2.16.